The standard InChI is InChI=1S/C13H22O2.C13H22O.C12H20O.C11H18O/c1-2-3-15-13-7-10-4-11(8-13)6-12(14,5-10)9-13;1-2-12-4-10-3-11(5-12)7-13(6-10,8-12)9-14;1-2-11-4-9-3-10(5-11)7-12(13,6-9)8-11;1-7-9-2-8-3-10(7)6-11(12,4-8)5-9/h10-11,14H,2-9H2,1H3;10-11,14H,2-9H2,1H3;9-10,13H,2-8H2,1H3;7-10,12H,2-6H2,1H3. The van der Waals surface area contributed by atoms with Crippen LogP contribution >= 0.6 is 0 Å². The van der Waals surface area contributed by atoms with Gasteiger partial charge in [-0.2, -0.15) is 0 Å². The van der Waals surface area contributed by atoms with Gasteiger partial charge < -0.3 is 25.2 Å². The lowest BCUT2D eigenvalue weighted by Gasteiger charge is -2.62. The predicted octanol–water partition coefficient (Wildman–Crippen LogP) is 10.4. The van der Waals surface area contributed by atoms with Gasteiger partial charge in [0.15, 0.2) is 0 Å². The molecule has 0 aromatic heterocycles. The molecule has 16 aliphatic carbocycles. The normalized spacial score (nSPS) is 56.9. The van der Waals surface area contributed by atoms with Crippen molar-refractivity contribution in [1.82, 2.24) is 0 Å². The second-order valence-corrected chi connectivity index (χ2v) is 24.3. The van der Waals surface area contributed by atoms with E-state index in [2.05, 4.69) is 27.7 Å². The first-order valence-electron chi connectivity index (χ1n) is 24.0. The average molecular weight is 751 g/mol. The summed E-state index contributed by atoms with van der Waals surface area (Å²) in [6, 6.07) is 0. The van der Waals surface area contributed by atoms with Crippen LogP contribution in [0.1, 0.15) is 195 Å². The van der Waals surface area contributed by atoms with Crippen molar-refractivity contribution in [1.29, 1.82) is 0 Å². The van der Waals surface area contributed by atoms with Crippen molar-refractivity contribution >= 4 is 0 Å². The number of hydrogen-bond acceptors (Lipinski definition) is 5. The third-order valence-corrected chi connectivity index (χ3v) is 19.6. The van der Waals surface area contributed by atoms with Gasteiger partial charge in [0.05, 0.1) is 22.4 Å². The zero-order valence-electron chi connectivity index (χ0n) is 35.3. The number of aliphatic hydroxyl groups is 4. The highest BCUT2D eigenvalue weighted by atomic mass is 16.5. The maximum atomic E-state index is 10.5. The topological polar surface area (TPSA) is 90.2 Å². The molecule has 0 radical (unpaired) electrons. The van der Waals surface area contributed by atoms with E-state index >= 15 is 0 Å². The SMILES string of the molecule is CC1C2CC3CC1CC(O)(C3)C2.CCC12CC3CC(C1)CC(CO)(C3)C2.CCC12CC3CC(CC(O)(C3)C1)C2.CCCOC12CC3CC(CC(O)(C3)C1)C2. The van der Waals surface area contributed by atoms with Crippen LogP contribution in [0.15, 0.2) is 0 Å². The summed E-state index contributed by atoms with van der Waals surface area (Å²) < 4.78 is 6.10. The van der Waals surface area contributed by atoms with Crippen molar-refractivity contribution in [2.45, 2.75) is 217 Å². The smallest absolute Gasteiger partial charge is 0.0715 e. The Bertz CT molecular complexity index is 1270. The molecule has 16 fully saturated rings. The van der Waals surface area contributed by atoms with E-state index in [1.54, 1.807) is 0 Å². The maximum Gasteiger partial charge on any atom is 0.0715 e. The molecule has 16 aliphatic rings. The Morgan fingerprint density at radius 1 is 0.463 bits per heavy atom. The summed E-state index contributed by atoms with van der Waals surface area (Å²) in [7, 11) is 0. The highest BCUT2D eigenvalue weighted by molar-refractivity contribution is 5.11. The van der Waals surface area contributed by atoms with Crippen LogP contribution < -0.4 is 0 Å². The minimum absolute atomic E-state index is 0.0643. The van der Waals surface area contributed by atoms with Crippen LogP contribution in [0, 0.1) is 75.4 Å². The molecule has 0 aromatic carbocycles. The summed E-state index contributed by atoms with van der Waals surface area (Å²) in [5.41, 5.74) is 0.807. The van der Waals surface area contributed by atoms with E-state index in [0.29, 0.717) is 22.9 Å². The lowest BCUT2D eigenvalue weighted by molar-refractivity contribution is -0.219. The first-order valence-corrected chi connectivity index (χ1v) is 24.0. The number of ether oxygens (including phenoxy) is 1. The van der Waals surface area contributed by atoms with Crippen molar-refractivity contribution in [2.75, 3.05) is 13.2 Å². The van der Waals surface area contributed by atoms with Crippen LogP contribution in [0.4, 0.5) is 0 Å². The highest BCUT2D eigenvalue weighted by Gasteiger charge is 2.59. The zero-order chi connectivity index (χ0) is 37.8. The van der Waals surface area contributed by atoms with Crippen LogP contribution in [-0.2, 0) is 4.74 Å². The number of aliphatic hydroxyl groups excluding tert-OH is 1. The van der Waals surface area contributed by atoms with Gasteiger partial charge in [-0.25, -0.2) is 0 Å². The molecule has 0 aromatic rings. The Morgan fingerprint density at radius 3 is 1.31 bits per heavy atom. The lowest BCUT2D eigenvalue weighted by Crippen LogP contribution is -2.60. The number of rotatable bonds is 6. The van der Waals surface area contributed by atoms with Crippen molar-refractivity contribution in [3.05, 3.63) is 0 Å². The van der Waals surface area contributed by atoms with Crippen molar-refractivity contribution in [3.8, 4) is 0 Å². The Labute approximate surface area is 329 Å². The summed E-state index contributed by atoms with van der Waals surface area (Å²) in [6.07, 6.45) is 32.7. The molecule has 5 heteroatoms. The average Bonchev–Trinajstić information content (AvgIpc) is 3.07. The second-order valence-electron chi connectivity index (χ2n) is 24.3. The first-order chi connectivity index (χ1) is 25.6. The maximum absolute atomic E-state index is 10.5. The summed E-state index contributed by atoms with van der Waals surface area (Å²) in [5.74, 6) is 8.65. The third-order valence-electron chi connectivity index (χ3n) is 19.6. The van der Waals surface area contributed by atoms with Crippen LogP contribution in [0.5, 0.6) is 0 Å². The molecule has 16 rings (SSSR count). The molecule has 16 bridgehead atoms. The molecule has 0 aliphatic heterocycles. The molecule has 16 saturated carbocycles. The van der Waals surface area contributed by atoms with E-state index in [1.807, 2.05) is 0 Å². The molecule has 8 atom stereocenters. The quantitative estimate of drug-likeness (QED) is 0.217. The summed E-state index contributed by atoms with van der Waals surface area (Å²) in [5, 5.41) is 40.7. The van der Waals surface area contributed by atoms with Gasteiger partial charge in [0.1, 0.15) is 0 Å². The van der Waals surface area contributed by atoms with Gasteiger partial charge in [-0.3, -0.25) is 0 Å². The van der Waals surface area contributed by atoms with Crippen LogP contribution in [0.25, 0.3) is 0 Å². The minimum atomic E-state index is -0.363. The van der Waals surface area contributed by atoms with E-state index in [9.17, 15) is 20.4 Å². The van der Waals surface area contributed by atoms with Gasteiger partial charge in [-0.15, -0.1) is 0 Å². The minimum Gasteiger partial charge on any atom is -0.396 e. The van der Waals surface area contributed by atoms with E-state index in [0.717, 1.165) is 130 Å². The molecule has 5 nitrogen and oxygen atoms in total. The molecule has 54 heavy (non-hydrogen) atoms. The van der Waals surface area contributed by atoms with Crippen molar-refractivity contribution < 1.29 is 25.2 Å². The molecule has 8 unspecified atom stereocenters. The van der Waals surface area contributed by atoms with Gasteiger partial charge in [-0.05, 0) is 223 Å². The van der Waals surface area contributed by atoms with E-state index in [1.165, 1.54) is 103 Å². The Balaban J connectivity index is 0.0000000952. The van der Waals surface area contributed by atoms with Gasteiger partial charge in [0, 0.05) is 19.6 Å². The monoisotopic (exact) mass is 751 g/mol. The van der Waals surface area contributed by atoms with Gasteiger partial charge in [0.2, 0.25) is 0 Å². The Morgan fingerprint density at radius 2 is 0.889 bits per heavy atom. The molecule has 0 saturated heterocycles. The van der Waals surface area contributed by atoms with Gasteiger partial charge >= 0.3 is 0 Å². The van der Waals surface area contributed by atoms with Crippen molar-refractivity contribution in [3.63, 3.8) is 0 Å². The fraction of sp³-hybridized carbons (Fsp3) is 1.00. The summed E-state index contributed by atoms with van der Waals surface area (Å²) in [6.45, 7) is 10.6. The van der Waals surface area contributed by atoms with Gasteiger partial charge in [-0.1, -0.05) is 40.5 Å². The van der Waals surface area contributed by atoms with Gasteiger partial charge in [0.25, 0.3) is 0 Å². The summed E-state index contributed by atoms with van der Waals surface area (Å²) >= 11 is 0. The van der Waals surface area contributed by atoms with Crippen LogP contribution in [-0.4, -0.2) is 56.0 Å². The molecule has 0 amide bonds. The zero-order valence-corrected chi connectivity index (χ0v) is 35.3. The predicted molar refractivity (Wildman–Crippen MR) is 216 cm³/mol. The third kappa shape index (κ3) is 7.36. The first kappa shape index (κ1) is 39.3. The fourth-order valence-electron chi connectivity index (χ4n) is 18.9. The van der Waals surface area contributed by atoms with E-state index in [4.69, 9.17) is 4.74 Å². The van der Waals surface area contributed by atoms with Crippen LogP contribution in [0.2, 0.25) is 0 Å². The van der Waals surface area contributed by atoms with Crippen LogP contribution in [0.3, 0.4) is 0 Å². The largest absolute Gasteiger partial charge is 0.396 e. The fourth-order valence-corrected chi connectivity index (χ4v) is 18.9. The molecule has 4 N–H and O–H groups in total. The van der Waals surface area contributed by atoms with Crippen molar-refractivity contribution in [2.24, 2.45) is 75.4 Å². The highest BCUT2D eigenvalue weighted by Crippen LogP contribution is 2.67. The summed E-state index contributed by atoms with van der Waals surface area (Å²) in [4.78, 5) is 0. The second kappa shape index (κ2) is 13.9. The van der Waals surface area contributed by atoms with E-state index in [-0.39, 0.29) is 22.4 Å². The lowest BCUT2D eigenvalue weighted by atomic mass is 9.44. The molecule has 0 spiro atoms. The molecular weight excluding hydrogens is 669 g/mol. The molecular formula is C49H82O5. The number of hydrogen-bond donors (Lipinski definition) is 4. The van der Waals surface area contributed by atoms with E-state index < -0.39 is 0 Å². The Hall–Kier alpha value is -0.200. The molecule has 0 heterocycles. The Kier molecular flexibility index (Phi) is 10.1. The molecule has 308 valence electrons.